The minimum atomic E-state index is -0.351. The molecule has 0 N–H and O–H groups in total. The van der Waals surface area contributed by atoms with E-state index in [1.165, 1.54) is 0 Å². The van der Waals surface area contributed by atoms with Gasteiger partial charge in [-0.1, -0.05) is 38.1 Å². The summed E-state index contributed by atoms with van der Waals surface area (Å²) in [7, 11) is 0. The van der Waals surface area contributed by atoms with Crippen LogP contribution in [0.15, 0.2) is 43.0 Å². The minimum absolute atomic E-state index is 0.0407. The summed E-state index contributed by atoms with van der Waals surface area (Å²) in [6, 6.07) is 9.90. The Hall–Kier alpha value is -1.32. The van der Waals surface area contributed by atoms with Gasteiger partial charge in [-0.3, -0.25) is 0 Å². The number of rotatable bonds is 11. The van der Waals surface area contributed by atoms with Gasteiger partial charge >= 0.3 is 0 Å². The van der Waals surface area contributed by atoms with Gasteiger partial charge in [0.1, 0.15) is 11.4 Å². The first-order valence-corrected chi connectivity index (χ1v) is 8.77. The summed E-state index contributed by atoms with van der Waals surface area (Å²) in [5.74, 6) is 1.29. The van der Waals surface area contributed by atoms with Crippen molar-refractivity contribution in [2.75, 3.05) is 13.2 Å². The molecule has 0 aliphatic heterocycles. The van der Waals surface area contributed by atoms with Gasteiger partial charge in [-0.15, -0.1) is 6.58 Å². The van der Waals surface area contributed by atoms with E-state index in [1.807, 2.05) is 30.3 Å². The molecule has 0 amide bonds. The maximum Gasteiger partial charge on any atom is 0.120 e. The monoisotopic (exact) mass is 334 g/mol. The van der Waals surface area contributed by atoms with Crippen molar-refractivity contribution in [3.63, 3.8) is 0 Å². The van der Waals surface area contributed by atoms with Crippen molar-refractivity contribution in [1.29, 1.82) is 0 Å². The number of para-hydroxylation sites is 1. The molecular weight excluding hydrogens is 300 g/mol. The zero-order valence-electron chi connectivity index (χ0n) is 16.2. The second kappa shape index (κ2) is 9.24. The van der Waals surface area contributed by atoms with Crippen molar-refractivity contribution < 1.29 is 14.2 Å². The lowest BCUT2D eigenvalue weighted by Crippen LogP contribution is -2.42. The Morgan fingerprint density at radius 2 is 1.71 bits per heavy atom. The van der Waals surface area contributed by atoms with E-state index in [4.69, 9.17) is 14.2 Å². The summed E-state index contributed by atoms with van der Waals surface area (Å²) in [5, 5.41) is 0. The van der Waals surface area contributed by atoms with Crippen molar-refractivity contribution in [3.05, 3.63) is 43.0 Å². The van der Waals surface area contributed by atoms with Crippen molar-refractivity contribution in [2.24, 2.45) is 5.92 Å². The van der Waals surface area contributed by atoms with Crippen LogP contribution in [-0.4, -0.2) is 30.5 Å². The highest BCUT2D eigenvalue weighted by molar-refractivity contribution is 5.21. The van der Waals surface area contributed by atoms with Crippen molar-refractivity contribution in [2.45, 2.75) is 65.3 Å². The summed E-state index contributed by atoms with van der Waals surface area (Å²) in [4.78, 5) is 0. The molecule has 0 radical (unpaired) electrons. The minimum Gasteiger partial charge on any atom is -0.488 e. The molecule has 0 bridgehead atoms. The number of hydrogen-bond donors (Lipinski definition) is 0. The number of benzene rings is 1. The van der Waals surface area contributed by atoms with Crippen LogP contribution in [-0.2, 0) is 9.47 Å². The molecule has 24 heavy (non-hydrogen) atoms. The Bertz CT molecular complexity index is 477. The Morgan fingerprint density at radius 3 is 2.25 bits per heavy atom. The molecule has 1 aromatic carbocycles. The summed E-state index contributed by atoms with van der Waals surface area (Å²) in [6.07, 6.45) is 2.46. The number of hydrogen-bond acceptors (Lipinski definition) is 3. The van der Waals surface area contributed by atoms with Gasteiger partial charge in [-0.05, 0) is 45.7 Å². The van der Waals surface area contributed by atoms with E-state index < -0.39 is 0 Å². The van der Waals surface area contributed by atoms with E-state index >= 15 is 0 Å². The molecule has 0 spiro atoms. The Morgan fingerprint density at radius 1 is 1.08 bits per heavy atom. The quantitative estimate of drug-likeness (QED) is 0.408. The average Bonchev–Trinajstić information content (AvgIpc) is 2.46. The lowest BCUT2D eigenvalue weighted by molar-refractivity contribution is -0.137. The van der Waals surface area contributed by atoms with Gasteiger partial charge in [0.2, 0.25) is 0 Å². The fourth-order valence-electron chi connectivity index (χ4n) is 2.38. The van der Waals surface area contributed by atoms with Crippen LogP contribution in [0.3, 0.4) is 0 Å². The third kappa shape index (κ3) is 7.50. The second-order valence-electron chi connectivity index (χ2n) is 7.70. The van der Waals surface area contributed by atoms with Crippen LogP contribution in [0.2, 0.25) is 0 Å². The molecule has 0 aliphatic rings. The van der Waals surface area contributed by atoms with Crippen LogP contribution in [0.4, 0.5) is 0 Å². The van der Waals surface area contributed by atoms with Crippen molar-refractivity contribution >= 4 is 0 Å². The average molecular weight is 335 g/mol. The highest BCUT2D eigenvalue weighted by Gasteiger charge is 2.32. The number of ether oxygens (including phenoxy) is 3. The topological polar surface area (TPSA) is 27.7 Å². The van der Waals surface area contributed by atoms with Crippen LogP contribution in [0.1, 0.15) is 48.0 Å². The second-order valence-corrected chi connectivity index (χ2v) is 7.70. The van der Waals surface area contributed by atoms with Gasteiger partial charge in [0.25, 0.3) is 0 Å². The molecular formula is C21H34O3. The first kappa shape index (κ1) is 20.7. The molecule has 1 atom stereocenters. The van der Waals surface area contributed by atoms with Crippen molar-refractivity contribution in [3.8, 4) is 5.75 Å². The molecule has 1 unspecified atom stereocenters. The highest BCUT2D eigenvalue weighted by atomic mass is 16.5. The zero-order chi connectivity index (χ0) is 18.2. The van der Waals surface area contributed by atoms with E-state index in [0.29, 0.717) is 19.1 Å². The van der Waals surface area contributed by atoms with E-state index in [9.17, 15) is 0 Å². The molecule has 1 aromatic rings. The van der Waals surface area contributed by atoms with Gasteiger partial charge in [-0.25, -0.2) is 0 Å². The summed E-state index contributed by atoms with van der Waals surface area (Å²) in [6.45, 7) is 17.5. The van der Waals surface area contributed by atoms with Crippen LogP contribution >= 0.6 is 0 Å². The molecule has 0 heterocycles. The molecule has 0 aromatic heterocycles. The van der Waals surface area contributed by atoms with Gasteiger partial charge in [0.15, 0.2) is 0 Å². The standard InChI is InChI=1S/C21H34O3/c1-8-14-22-16-19(24-21(6,7)17(2)3)15-20(4,5)23-18-12-10-9-11-13-18/h8-13,17,19H,1,14-16H2,2-7H3. The molecule has 0 saturated heterocycles. The molecule has 0 saturated carbocycles. The van der Waals surface area contributed by atoms with Crippen molar-refractivity contribution in [1.82, 2.24) is 0 Å². The third-order valence-electron chi connectivity index (χ3n) is 4.26. The third-order valence-corrected chi connectivity index (χ3v) is 4.26. The molecule has 0 fully saturated rings. The molecule has 136 valence electrons. The molecule has 3 heteroatoms. The van der Waals surface area contributed by atoms with Crippen LogP contribution < -0.4 is 4.74 Å². The fourth-order valence-corrected chi connectivity index (χ4v) is 2.38. The normalized spacial score (nSPS) is 13.8. The van der Waals surface area contributed by atoms with E-state index in [1.54, 1.807) is 6.08 Å². The Balaban J connectivity index is 2.75. The van der Waals surface area contributed by atoms with Gasteiger partial charge in [0.05, 0.1) is 24.9 Å². The molecule has 3 nitrogen and oxygen atoms in total. The van der Waals surface area contributed by atoms with E-state index in [-0.39, 0.29) is 17.3 Å². The summed E-state index contributed by atoms with van der Waals surface area (Å²) < 4.78 is 18.2. The van der Waals surface area contributed by atoms with Crippen LogP contribution in [0.5, 0.6) is 5.75 Å². The lowest BCUT2D eigenvalue weighted by atomic mass is 9.93. The van der Waals surface area contributed by atoms with Gasteiger partial charge < -0.3 is 14.2 Å². The van der Waals surface area contributed by atoms with Gasteiger partial charge in [0, 0.05) is 6.42 Å². The van der Waals surface area contributed by atoms with Crippen LogP contribution in [0, 0.1) is 5.92 Å². The van der Waals surface area contributed by atoms with E-state index in [0.717, 1.165) is 12.2 Å². The summed E-state index contributed by atoms with van der Waals surface area (Å²) in [5.41, 5.74) is -0.568. The fraction of sp³-hybridized carbons (Fsp3) is 0.619. The molecule has 1 rings (SSSR count). The zero-order valence-corrected chi connectivity index (χ0v) is 16.2. The lowest BCUT2D eigenvalue weighted by Gasteiger charge is -2.37. The first-order valence-electron chi connectivity index (χ1n) is 8.77. The Kier molecular flexibility index (Phi) is 7.98. The smallest absolute Gasteiger partial charge is 0.120 e. The van der Waals surface area contributed by atoms with Gasteiger partial charge in [-0.2, -0.15) is 0 Å². The predicted molar refractivity (Wildman–Crippen MR) is 101 cm³/mol. The first-order chi connectivity index (χ1) is 11.2. The van der Waals surface area contributed by atoms with E-state index in [2.05, 4.69) is 48.1 Å². The SMILES string of the molecule is C=CCOCC(CC(C)(C)Oc1ccccc1)OC(C)(C)C(C)C. The maximum atomic E-state index is 6.38. The summed E-state index contributed by atoms with van der Waals surface area (Å²) >= 11 is 0. The Labute approximate surface area is 148 Å². The van der Waals surface area contributed by atoms with Crippen LogP contribution in [0.25, 0.3) is 0 Å². The predicted octanol–water partition coefficient (Wildman–Crippen LogP) is 5.26. The maximum absolute atomic E-state index is 6.38. The highest BCUT2D eigenvalue weighted by Crippen LogP contribution is 2.28. The molecule has 0 aliphatic carbocycles. The largest absolute Gasteiger partial charge is 0.488 e.